The normalized spacial score (nSPS) is 11.0. The number of hydrogen-bond donors (Lipinski definition) is 1. The second-order valence-electron chi connectivity index (χ2n) is 5.23. The fourth-order valence-corrected chi connectivity index (χ4v) is 4.19. The number of benzene rings is 3. The summed E-state index contributed by atoms with van der Waals surface area (Å²) in [6.07, 6.45) is 0. The van der Waals surface area contributed by atoms with Gasteiger partial charge in [-0.05, 0) is 22.9 Å². The fourth-order valence-electron chi connectivity index (χ4n) is 2.65. The molecule has 0 saturated heterocycles. The Morgan fingerprint density at radius 1 is 0.870 bits per heavy atom. The van der Waals surface area contributed by atoms with Gasteiger partial charge in [0.25, 0.3) is 5.91 Å². The lowest BCUT2D eigenvalue weighted by Crippen LogP contribution is -2.10. The highest BCUT2D eigenvalue weighted by Gasteiger charge is 2.18. The Labute approximate surface area is 142 Å². The van der Waals surface area contributed by atoms with Crippen LogP contribution in [0.2, 0.25) is 5.02 Å². The molecule has 0 aliphatic heterocycles. The van der Waals surface area contributed by atoms with E-state index < -0.39 is 0 Å². The molecule has 0 unspecified atom stereocenters. The average Bonchev–Trinajstić information content (AvgIpc) is 2.93. The van der Waals surface area contributed by atoms with E-state index in [4.69, 9.17) is 11.6 Å². The Hall–Kier alpha value is -2.36. The molecular formula is C19H12ClNOS. The van der Waals surface area contributed by atoms with Crippen LogP contribution < -0.4 is 5.32 Å². The molecule has 0 atom stereocenters. The number of rotatable bonds is 2. The Morgan fingerprint density at radius 3 is 2.43 bits per heavy atom. The summed E-state index contributed by atoms with van der Waals surface area (Å²) in [7, 11) is 0. The summed E-state index contributed by atoms with van der Waals surface area (Å²) in [5, 5.41) is 6.60. The third kappa shape index (κ3) is 2.48. The first-order valence-electron chi connectivity index (χ1n) is 7.20. The molecule has 0 aliphatic rings. The number of halogens is 1. The standard InChI is InChI=1S/C19H12ClNOS/c20-16-15-11-10-12-6-4-5-9-14(12)17(15)23-18(16)19(22)21-13-7-2-1-3-8-13/h1-11H,(H,21,22). The van der Waals surface area contributed by atoms with Gasteiger partial charge in [0.2, 0.25) is 0 Å². The van der Waals surface area contributed by atoms with Crippen molar-refractivity contribution in [3.05, 3.63) is 76.6 Å². The number of nitrogens with one attached hydrogen (secondary N) is 1. The maximum absolute atomic E-state index is 12.6. The average molecular weight is 338 g/mol. The van der Waals surface area contributed by atoms with Crippen LogP contribution in [-0.4, -0.2) is 5.91 Å². The second-order valence-corrected chi connectivity index (χ2v) is 6.63. The van der Waals surface area contributed by atoms with Crippen LogP contribution in [0.5, 0.6) is 0 Å². The predicted molar refractivity (Wildman–Crippen MR) is 98.7 cm³/mol. The quantitative estimate of drug-likeness (QED) is 0.480. The summed E-state index contributed by atoms with van der Waals surface area (Å²) < 4.78 is 1.05. The van der Waals surface area contributed by atoms with Crippen LogP contribution in [0.15, 0.2) is 66.7 Å². The number of hydrogen-bond acceptors (Lipinski definition) is 2. The molecule has 1 amide bonds. The van der Waals surface area contributed by atoms with Gasteiger partial charge in [-0.3, -0.25) is 4.79 Å². The summed E-state index contributed by atoms with van der Waals surface area (Å²) in [6.45, 7) is 0. The first kappa shape index (κ1) is 14.2. The summed E-state index contributed by atoms with van der Waals surface area (Å²) >= 11 is 7.90. The monoisotopic (exact) mass is 337 g/mol. The highest BCUT2D eigenvalue weighted by Crippen LogP contribution is 2.39. The van der Waals surface area contributed by atoms with Crippen LogP contribution in [0.25, 0.3) is 20.9 Å². The van der Waals surface area contributed by atoms with E-state index in [1.54, 1.807) is 0 Å². The number of para-hydroxylation sites is 1. The van der Waals surface area contributed by atoms with Gasteiger partial charge in [0, 0.05) is 15.8 Å². The lowest BCUT2D eigenvalue weighted by molar-refractivity contribution is 0.103. The minimum absolute atomic E-state index is 0.175. The first-order valence-corrected chi connectivity index (χ1v) is 8.39. The van der Waals surface area contributed by atoms with E-state index in [-0.39, 0.29) is 5.91 Å². The van der Waals surface area contributed by atoms with Crippen molar-refractivity contribution in [3.63, 3.8) is 0 Å². The van der Waals surface area contributed by atoms with E-state index in [2.05, 4.69) is 17.4 Å². The molecule has 4 aromatic rings. The van der Waals surface area contributed by atoms with Crippen molar-refractivity contribution in [2.75, 3.05) is 5.32 Å². The Morgan fingerprint density at radius 2 is 1.61 bits per heavy atom. The van der Waals surface area contributed by atoms with Crippen molar-refractivity contribution < 1.29 is 4.79 Å². The van der Waals surface area contributed by atoms with E-state index in [0.29, 0.717) is 9.90 Å². The van der Waals surface area contributed by atoms with Crippen LogP contribution in [0.3, 0.4) is 0 Å². The van der Waals surface area contributed by atoms with Crippen molar-refractivity contribution in [2.24, 2.45) is 0 Å². The zero-order valence-corrected chi connectivity index (χ0v) is 13.6. The van der Waals surface area contributed by atoms with Crippen molar-refractivity contribution >= 4 is 55.4 Å². The highest BCUT2D eigenvalue weighted by molar-refractivity contribution is 7.22. The molecule has 4 heteroatoms. The molecule has 1 aromatic heterocycles. The van der Waals surface area contributed by atoms with Gasteiger partial charge in [0.1, 0.15) is 4.88 Å². The molecule has 4 rings (SSSR count). The van der Waals surface area contributed by atoms with Crippen LogP contribution in [-0.2, 0) is 0 Å². The smallest absolute Gasteiger partial charge is 0.267 e. The molecular weight excluding hydrogens is 326 g/mol. The van der Waals surface area contributed by atoms with Gasteiger partial charge in [-0.15, -0.1) is 11.3 Å². The van der Waals surface area contributed by atoms with Gasteiger partial charge >= 0.3 is 0 Å². The third-order valence-corrected chi connectivity index (χ3v) is 5.50. The molecule has 2 nitrogen and oxygen atoms in total. The number of anilines is 1. The maximum Gasteiger partial charge on any atom is 0.267 e. The number of amides is 1. The van der Waals surface area contributed by atoms with Gasteiger partial charge in [-0.25, -0.2) is 0 Å². The van der Waals surface area contributed by atoms with Gasteiger partial charge in [0.15, 0.2) is 0 Å². The molecule has 23 heavy (non-hydrogen) atoms. The highest BCUT2D eigenvalue weighted by atomic mass is 35.5. The zero-order valence-electron chi connectivity index (χ0n) is 12.0. The van der Waals surface area contributed by atoms with Crippen molar-refractivity contribution in [1.29, 1.82) is 0 Å². The predicted octanol–water partition coefficient (Wildman–Crippen LogP) is 5.96. The Bertz CT molecular complexity index is 1020. The SMILES string of the molecule is O=C(Nc1ccccc1)c1sc2c(ccc3ccccc32)c1Cl. The molecule has 0 spiro atoms. The molecule has 0 saturated carbocycles. The molecule has 0 bridgehead atoms. The lowest BCUT2D eigenvalue weighted by Gasteiger charge is -2.03. The van der Waals surface area contributed by atoms with Crippen molar-refractivity contribution in [1.82, 2.24) is 0 Å². The molecule has 1 heterocycles. The molecule has 0 aliphatic carbocycles. The first-order chi connectivity index (χ1) is 11.2. The topological polar surface area (TPSA) is 29.1 Å². The maximum atomic E-state index is 12.6. The third-order valence-electron chi connectivity index (χ3n) is 3.76. The number of carbonyl (C=O) groups excluding carboxylic acids is 1. The van der Waals surface area contributed by atoms with E-state index in [1.807, 2.05) is 54.6 Å². The number of carbonyl (C=O) groups is 1. The summed E-state index contributed by atoms with van der Waals surface area (Å²) in [5.74, 6) is -0.175. The molecule has 1 N–H and O–H groups in total. The second kappa shape index (κ2) is 5.69. The number of thiophene rings is 1. The van der Waals surface area contributed by atoms with E-state index in [0.717, 1.165) is 26.5 Å². The fraction of sp³-hybridized carbons (Fsp3) is 0. The van der Waals surface area contributed by atoms with Crippen LogP contribution in [0.1, 0.15) is 9.67 Å². The van der Waals surface area contributed by atoms with Crippen LogP contribution in [0, 0.1) is 0 Å². The van der Waals surface area contributed by atoms with Crippen LogP contribution in [0.4, 0.5) is 5.69 Å². The zero-order chi connectivity index (χ0) is 15.8. The molecule has 3 aromatic carbocycles. The largest absolute Gasteiger partial charge is 0.321 e. The molecule has 0 radical (unpaired) electrons. The van der Waals surface area contributed by atoms with E-state index >= 15 is 0 Å². The van der Waals surface area contributed by atoms with Gasteiger partial charge < -0.3 is 5.32 Å². The summed E-state index contributed by atoms with van der Waals surface area (Å²) in [6, 6.07) is 21.5. The number of fused-ring (bicyclic) bond motifs is 3. The Balaban J connectivity index is 1.83. The lowest BCUT2D eigenvalue weighted by atomic mass is 10.1. The van der Waals surface area contributed by atoms with Gasteiger partial charge in [0.05, 0.1) is 5.02 Å². The van der Waals surface area contributed by atoms with E-state index in [9.17, 15) is 4.79 Å². The van der Waals surface area contributed by atoms with E-state index in [1.165, 1.54) is 11.3 Å². The summed E-state index contributed by atoms with van der Waals surface area (Å²) in [5.41, 5.74) is 0.760. The minimum atomic E-state index is -0.175. The summed E-state index contributed by atoms with van der Waals surface area (Å²) in [4.78, 5) is 13.1. The van der Waals surface area contributed by atoms with Gasteiger partial charge in [-0.1, -0.05) is 66.2 Å². The van der Waals surface area contributed by atoms with Gasteiger partial charge in [-0.2, -0.15) is 0 Å². The molecule has 0 fully saturated rings. The Kier molecular flexibility index (Phi) is 3.52. The van der Waals surface area contributed by atoms with Crippen LogP contribution >= 0.6 is 22.9 Å². The van der Waals surface area contributed by atoms with Crippen molar-refractivity contribution in [3.8, 4) is 0 Å². The minimum Gasteiger partial charge on any atom is -0.321 e. The van der Waals surface area contributed by atoms with Crippen molar-refractivity contribution in [2.45, 2.75) is 0 Å². The molecule has 112 valence electrons.